The summed E-state index contributed by atoms with van der Waals surface area (Å²) < 4.78 is 4.98. The zero-order chi connectivity index (χ0) is 14.8. The van der Waals surface area contributed by atoms with Gasteiger partial charge in [-0.05, 0) is 13.0 Å². The Morgan fingerprint density at radius 1 is 1.33 bits per heavy atom. The van der Waals surface area contributed by atoms with Crippen LogP contribution in [0.15, 0.2) is 35.1 Å². The van der Waals surface area contributed by atoms with Crippen molar-refractivity contribution in [1.82, 2.24) is 15.1 Å². The molecule has 3 aromatic rings. The maximum Gasteiger partial charge on any atom is 0.270 e. The highest BCUT2D eigenvalue weighted by atomic mass is 16.6. The molecule has 0 unspecified atom stereocenters. The Hall–Kier alpha value is -3.03. The number of aryl methyl sites for hydroxylation is 1. The third-order valence-electron chi connectivity index (χ3n) is 2.94. The topological polar surface area (TPSA) is 107 Å². The van der Waals surface area contributed by atoms with Crippen molar-refractivity contribution in [1.29, 1.82) is 0 Å². The second-order valence-corrected chi connectivity index (χ2v) is 4.46. The summed E-state index contributed by atoms with van der Waals surface area (Å²) in [4.78, 5) is 18.6. The lowest BCUT2D eigenvalue weighted by Crippen LogP contribution is -2.03. The Kier molecular flexibility index (Phi) is 3.19. The van der Waals surface area contributed by atoms with Crippen molar-refractivity contribution in [3.63, 3.8) is 0 Å². The van der Waals surface area contributed by atoms with Crippen molar-refractivity contribution in [2.75, 3.05) is 5.32 Å². The monoisotopic (exact) mass is 285 g/mol. The fourth-order valence-electron chi connectivity index (χ4n) is 1.97. The molecule has 0 radical (unpaired) electrons. The first-order valence-corrected chi connectivity index (χ1v) is 6.19. The van der Waals surface area contributed by atoms with Gasteiger partial charge in [0.1, 0.15) is 23.6 Å². The molecule has 3 rings (SSSR count). The van der Waals surface area contributed by atoms with E-state index in [0.29, 0.717) is 23.3 Å². The number of nitrogens with zero attached hydrogens (tertiary/aromatic N) is 4. The second kappa shape index (κ2) is 5.16. The minimum absolute atomic E-state index is 0.00219. The van der Waals surface area contributed by atoms with Crippen molar-refractivity contribution in [3.05, 3.63) is 52.2 Å². The van der Waals surface area contributed by atoms with Gasteiger partial charge < -0.3 is 9.84 Å². The van der Waals surface area contributed by atoms with Crippen molar-refractivity contribution in [2.24, 2.45) is 0 Å². The predicted molar refractivity (Wildman–Crippen MR) is 74.8 cm³/mol. The molecule has 1 aromatic carbocycles. The quantitative estimate of drug-likeness (QED) is 0.579. The van der Waals surface area contributed by atoms with Crippen LogP contribution in [0.2, 0.25) is 0 Å². The molecular formula is C13H11N5O3. The normalized spacial score (nSPS) is 10.7. The summed E-state index contributed by atoms with van der Waals surface area (Å²) in [5.41, 5.74) is 1.36. The summed E-state index contributed by atoms with van der Waals surface area (Å²) >= 11 is 0. The van der Waals surface area contributed by atoms with E-state index in [4.69, 9.17) is 4.52 Å². The van der Waals surface area contributed by atoms with E-state index in [0.717, 1.165) is 11.5 Å². The molecule has 8 nitrogen and oxygen atoms in total. The number of non-ortho nitro benzene ring substituents is 1. The molecule has 0 saturated carbocycles. The standard InChI is InChI=1S/C13H11N5O3/c1-8-4-9(17-21-8)6-14-13-11-5-10(18(19)20)2-3-12(11)15-7-16-13/h2-5,7H,6H2,1H3,(H,14,15,16). The molecule has 0 atom stereocenters. The van der Waals surface area contributed by atoms with Crippen LogP contribution < -0.4 is 5.32 Å². The van der Waals surface area contributed by atoms with Gasteiger partial charge in [-0.1, -0.05) is 5.16 Å². The second-order valence-electron chi connectivity index (χ2n) is 4.46. The third-order valence-corrected chi connectivity index (χ3v) is 2.94. The Morgan fingerprint density at radius 2 is 2.19 bits per heavy atom. The molecular weight excluding hydrogens is 274 g/mol. The molecule has 0 aliphatic heterocycles. The van der Waals surface area contributed by atoms with E-state index in [9.17, 15) is 10.1 Å². The maximum absolute atomic E-state index is 10.9. The van der Waals surface area contributed by atoms with Crippen LogP contribution in [-0.2, 0) is 6.54 Å². The molecule has 0 spiro atoms. The van der Waals surface area contributed by atoms with Gasteiger partial charge in [-0.3, -0.25) is 10.1 Å². The number of rotatable bonds is 4. The Morgan fingerprint density at radius 3 is 2.90 bits per heavy atom. The molecule has 0 bridgehead atoms. The summed E-state index contributed by atoms with van der Waals surface area (Å²) in [6.45, 7) is 2.21. The SMILES string of the molecule is Cc1cc(CNc2ncnc3ccc([N+](=O)[O-])cc23)no1. The average molecular weight is 285 g/mol. The summed E-state index contributed by atoms with van der Waals surface area (Å²) in [6.07, 6.45) is 1.41. The van der Waals surface area contributed by atoms with Gasteiger partial charge in [-0.25, -0.2) is 9.97 Å². The van der Waals surface area contributed by atoms with E-state index < -0.39 is 4.92 Å². The fraction of sp³-hybridized carbons (Fsp3) is 0.154. The van der Waals surface area contributed by atoms with Gasteiger partial charge in [0.25, 0.3) is 5.69 Å². The molecule has 0 aliphatic rings. The Labute approximate surface area is 119 Å². The number of hydrogen-bond acceptors (Lipinski definition) is 7. The predicted octanol–water partition coefficient (Wildman–Crippen LogP) is 2.45. The van der Waals surface area contributed by atoms with Crippen molar-refractivity contribution in [2.45, 2.75) is 13.5 Å². The smallest absolute Gasteiger partial charge is 0.270 e. The zero-order valence-corrected chi connectivity index (χ0v) is 11.1. The van der Waals surface area contributed by atoms with Gasteiger partial charge in [-0.2, -0.15) is 0 Å². The van der Waals surface area contributed by atoms with E-state index >= 15 is 0 Å². The lowest BCUT2D eigenvalue weighted by Gasteiger charge is -2.06. The van der Waals surface area contributed by atoms with E-state index in [1.807, 2.05) is 0 Å². The van der Waals surface area contributed by atoms with E-state index in [-0.39, 0.29) is 5.69 Å². The van der Waals surface area contributed by atoms with Gasteiger partial charge in [0.2, 0.25) is 0 Å². The molecule has 0 saturated heterocycles. The van der Waals surface area contributed by atoms with Crippen LogP contribution in [0.5, 0.6) is 0 Å². The summed E-state index contributed by atoms with van der Waals surface area (Å²) in [7, 11) is 0. The maximum atomic E-state index is 10.9. The largest absolute Gasteiger partial charge is 0.364 e. The van der Waals surface area contributed by atoms with Crippen LogP contribution in [0.3, 0.4) is 0 Å². The van der Waals surface area contributed by atoms with Crippen LogP contribution in [0.25, 0.3) is 10.9 Å². The number of benzene rings is 1. The van der Waals surface area contributed by atoms with Crippen molar-refractivity contribution >= 4 is 22.4 Å². The van der Waals surface area contributed by atoms with Gasteiger partial charge in [-0.15, -0.1) is 0 Å². The number of hydrogen-bond donors (Lipinski definition) is 1. The number of nitrogens with one attached hydrogen (secondary N) is 1. The van der Waals surface area contributed by atoms with Gasteiger partial charge in [0, 0.05) is 23.6 Å². The summed E-state index contributed by atoms with van der Waals surface area (Å²) in [5, 5.41) is 18.4. The van der Waals surface area contributed by atoms with Crippen molar-refractivity contribution in [3.8, 4) is 0 Å². The van der Waals surface area contributed by atoms with Crippen LogP contribution in [0.4, 0.5) is 11.5 Å². The number of fused-ring (bicyclic) bond motifs is 1. The highest BCUT2D eigenvalue weighted by Crippen LogP contribution is 2.24. The summed E-state index contributed by atoms with van der Waals surface area (Å²) in [6, 6.07) is 6.27. The Balaban J connectivity index is 1.93. The molecule has 2 heterocycles. The lowest BCUT2D eigenvalue weighted by atomic mass is 10.2. The third kappa shape index (κ3) is 2.64. The number of nitro benzene ring substituents is 1. The minimum atomic E-state index is -0.447. The van der Waals surface area contributed by atoms with Crippen LogP contribution in [0.1, 0.15) is 11.5 Å². The number of anilines is 1. The molecule has 106 valence electrons. The highest BCUT2D eigenvalue weighted by molar-refractivity contribution is 5.90. The van der Waals surface area contributed by atoms with E-state index in [1.165, 1.54) is 18.5 Å². The first kappa shape index (κ1) is 13.0. The van der Waals surface area contributed by atoms with Crippen LogP contribution >= 0.6 is 0 Å². The van der Waals surface area contributed by atoms with Gasteiger partial charge >= 0.3 is 0 Å². The van der Waals surface area contributed by atoms with Crippen LogP contribution in [-0.4, -0.2) is 20.0 Å². The minimum Gasteiger partial charge on any atom is -0.364 e. The fourth-order valence-corrected chi connectivity index (χ4v) is 1.97. The van der Waals surface area contributed by atoms with Crippen LogP contribution in [0, 0.1) is 17.0 Å². The number of aromatic nitrogens is 3. The molecule has 1 N–H and O–H groups in total. The van der Waals surface area contributed by atoms with Gasteiger partial charge in [0.15, 0.2) is 0 Å². The summed E-state index contributed by atoms with van der Waals surface area (Å²) in [5.74, 6) is 1.24. The first-order valence-electron chi connectivity index (χ1n) is 6.19. The molecule has 0 aliphatic carbocycles. The molecule has 0 fully saturated rings. The average Bonchev–Trinajstić information content (AvgIpc) is 2.90. The molecule has 0 amide bonds. The van der Waals surface area contributed by atoms with Gasteiger partial charge in [0.05, 0.1) is 17.0 Å². The molecule has 21 heavy (non-hydrogen) atoms. The molecule has 8 heteroatoms. The van der Waals surface area contributed by atoms with E-state index in [1.54, 1.807) is 19.1 Å². The zero-order valence-electron chi connectivity index (χ0n) is 11.1. The molecule has 2 aromatic heterocycles. The first-order chi connectivity index (χ1) is 10.1. The van der Waals surface area contributed by atoms with E-state index in [2.05, 4.69) is 20.4 Å². The highest BCUT2D eigenvalue weighted by Gasteiger charge is 2.11. The number of nitro groups is 1. The lowest BCUT2D eigenvalue weighted by molar-refractivity contribution is -0.384. The van der Waals surface area contributed by atoms with Crippen molar-refractivity contribution < 1.29 is 9.45 Å². The Bertz CT molecular complexity index is 814.